The molecular weight excluding hydrogens is 318 g/mol. The summed E-state index contributed by atoms with van der Waals surface area (Å²) in [5, 5.41) is 9.57. The van der Waals surface area contributed by atoms with Crippen molar-refractivity contribution in [2.75, 3.05) is 0 Å². The maximum Gasteiger partial charge on any atom is 0.124 e. The van der Waals surface area contributed by atoms with Gasteiger partial charge >= 0.3 is 0 Å². The van der Waals surface area contributed by atoms with Crippen molar-refractivity contribution in [2.24, 2.45) is 0 Å². The Bertz CT molecular complexity index is 457. The quantitative estimate of drug-likeness (QED) is 0.873. The SMILES string of the molecule is [CH]c1cccc(-c2ccccc2O)n1.[Nd]. The standard InChI is InChI=1S/C12H9NO.Nd/c1-9-5-4-7-11(13-9)10-6-2-3-8-12(10)14;/h1-8,14H;. The third-order valence-corrected chi connectivity index (χ3v) is 1.95. The normalized spacial score (nSPS) is 9.40. The summed E-state index contributed by atoms with van der Waals surface area (Å²) in [6, 6.07) is 12.4. The van der Waals surface area contributed by atoms with Gasteiger partial charge in [0.2, 0.25) is 0 Å². The molecule has 0 bridgehead atoms. The third-order valence-electron chi connectivity index (χ3n) is 1.95. The number of pyridine rings is 1. The molecule has 2 rings (SSSR count). The maximum atomic E-state index is 9.57. The second kappa shape index (κ2) is 5.56. The molecule has 15 heavy (non-hydrogen) atoms. The first kappa shape index (κ1) is 12.6. The van der Waals surface area contributed by atoms with E-state index >= 15 is 0 Å². The van der Waals surface area contributed by atoms with Crippen molar-refractivity contribution in [3.63, 3.8) is 0 Å². The molecule has 1 aromatic carbocycles. The van der Waals surface area contributed by atoms with Gasteiger partial charge in [-0.2, -0.15) is 0 Å². The number of rotatable bonds is 1. The van der Waals surface area contributed by atoms with E-state index in [0.29, 0.717) is 17.0 Å². The Morgan fingerprint density at radius 1 is 1.00 bits per heavy atom. The Morgan fingerprint density at radius 3 is 2.40 bits per heavy atom. The molecule has 1 aromatic heterocycles. The van der Waals surface area contributed by atoms with Crippen LogP contribution in [0.15, 0.2) is 42.5 Å². The first-order valence-corrected chi connectivity index (χ1v) is 4.28. The van der Waals surface area contributed by atoms with E-state index in [1.54, 1.807) is 24.3 Å². The molecule has 72 valence electrons. The van der Waals surface area contributed by atoms with Gasteiger partial charge in [0.1, 0.15) is 5.75 Å². The summed E-state index contributed by atoms with van der Waals surface area (Å²) < 4.78 is 0. The van der Waals surface area contributed by atoms with Crippen molar-refractivity contribution in [3.05, 3.63) is 55.1 Å². The second-order valence-electron chi connectivity index (χ2n) is 2.96. The van der Waals surface area contributed by atoms with Crippen LogP contribution < -0.4 is 0 Å². The van der Waals surface area contributed by atoms with Crippen molar-refractivity contribution >= 4 is 0 Å². The monoisotopic (exact) mass is 325 g/mol. The fraction of sp³-hybridized carbons (Fsp3) is 0. The van der Waals surface area contributed by atoms with E-state index in [1.807, 2.05) is 18.2 Å². The van der Waals surface area contributed by atoms with Crippen molar-refractivity contribution in [1.29, 1.82) is 0 Å². The van der Waals surface area contributed by atoms with E-state index < -0.39 is 0 Å². The Labute approximate surface area is 122 Å². The van der Waals surface area contributed by atoms with Crippen LogP contribution in [0, 0.1) is 47.8 Å². The van der Waals surface area contributed by atoms with E-state index in [0.717, 1.165) is 0 Å². The number of benzene rings is 1. The van der Waals surface area contributed by atoms with Gasteiger partial charge in [0.15, 0.2) is 0 Å². The molecule has 0 aliphatic carbocycles. The van der Waals surface area contributed by atoms with Gasteiger partial charge in [-0.15, -0.1) is 0 Å². The fourth-order valence-electron chi connectivity index (χ4n) is 1.29. The molecule has 0 saturated heterocycles. The van der Waals surface area contributed by atoms with Gasteiger partial charge in [0.25, 0.3) is 0 Å². The van der Waals surface area contributed by atoms with Gasteiger partial charge in [0.05, 0.1) is 5.69 Å². The zero-order valence-electron chi connectivity index (χ0n) is 8.01. The number of para-hydroxylation sites is 1. The van der Waals surface area contributed by atoms with Gasteiger partial charge in [-0.1, -0.05) is 18.2 Å². The molecule has 0 saturated carbocycles. The first-order valence-electron chi connectivity index (χ1n) is 4.28. The summed E-state index contributed by atoms with van der Waals surface area (Å²) >= 11 is 0. The summed E-state index contributed by atoms with van der Waals surface area (Å²) in [6.07, 6.45) is 0. The smallest absolute Gasteiger partial charge is 0.124 e. The topological polar surface area (TPSA) is 33.1 Å². The predicted molar refractivity (Wildman–Crippen MR) is 54.7 cm³/mol. The Hall–Kier alpha value is -0.479. The number of hydrogen-bond donors (Lipinski definition) is 1. The Morgan fingerprint density at radius 2 is 1.73 bits per heavy atom. The van der Waals surface area contributed by atoms with E-state index in [1.165, 1.54) is 0 Å². The molecule has 0 atom stereocenters. The van der Waals surface area contributed by atoms with Crippen LogP contribution in [0.2, 0.25) is 0 Å². The summed E-state index contributed by atoms with van der Waals surface area (Å²) in [5.41, 5.74) is 1.83. The van der Waals surface area contributed by atoms with Gasteiger partial charge < -0.3 is 5.11 Å². The average Bonchev–Trinajstić information content (AvgIpc) is 2.18. The molecule has 0 aliphatic heterocycles. The van der Waals surface area contributed by atoms with E-state index in [2.05, 4.69) is 4.98 Å². The average molecular weight is 327 g/mol. The predicted octanol–water partition coefficient (Wildman–Crippen LogP) is 2.51. The number of phenolic OH excluding ortho intramolecular Hbond substituents is 1. The number of phenols is 1. The van der Waals surface area contributed by atoms with Crippen LogP contribution in [-0.2, 0) is 0 Å². The van der Waals surface area contributed by atoms with Gasteiger partial charge in [-0.25, -0.2) is 0 Å². The van der Waals surface area contributed by atoms with Crippen LogP contribution in [0.1, 0.15) is 5.69 Å². The zero-order valence-corrected chi connectivity index (χ0v) is 11.2. The molecule has 1 heterocycles. The zero-order chi connectivity index (χ0) is 9.97. The molecule has 3 heteroatoms. The van der Waals surface area contributed by atoms with Crippen molar-refractivity contribution < 1.29 is 45.9 Å². The Kier molecular flexibility index (Phi) is 4.67. The first-order chi connectivity index (χ1) is 6.77. The van der Waals surface area contributed by atoms with Gasteiger partial charge in [0, 0.05) is 59.0 Å². The molecule has 0 aliphatic rings. The van der Waals surface area contributed by atoms with Crippen molar-refractivity contribution in [2.45, 2.75) is 0 Å². The molecule has 1 N–H and O–H groups in total. The van der Waals surface area contributed by atoms with Crippen LogP contribution >= 0.6 is 0 Å². The molecule has 2 aromatic rings. The number of hydrogen-bond acceptors (Lipinski definition) is 2. The molecular formula is C12H9NNdO. The molecule has 2 nitrogen and oxygen atoms in total. The van der Waals surface area contributed by atoms with Gasteiger partial charge in [-0.3, -0.25) is 4.98 Å². The van der Waals surface area contributed by atoms with E-state index in [-0.39, 0.29) is 46.6 Å². The van der Waals surface area contributed by atoms with E-state index in [4.69, 9.17) is 6.92 Å². The Balaban J connectivity index is 0.00000112. The van der Waals surface area contributed by atoms with Crippen LogP contribution in [0.3, 0.4) is 0 Å². The summed E-state index contributed by atoms with van der Waals surface area (Å²) in [6.45, 7) is 5.55. The minimum atomic E-state index is 0. The fourth-order valence-corrected chi connectivity index (χ4v) is 1.29. The molecule has 0 spiro atoms. The van der Waals surface area contributed by atoms with Crippen LogP contribution in [0.4, 0.5) is 0 Å². The van der Waals surface area contributed by atoms with E-state index in [9.17, 15) is 5.11 Å². The van der Waals surface area contributed by atoms with Crippen molar-refractivity contribution in [1.82, 2.24) is 4.98 Å². The maximum absolute atomic E-state index is 9.57. The van der Waals surface area contributed by atoms with Crippen molar-refractivity contribution in [3.8, 4) is 17.0 Å². The minimum Gasteiger partial charge on any atom is -0.507 e. The summed E-state index contributed by atoms with van der Waals surface area (Å²) in [7, 11) is 0. The minimum absolute atomic E-state index is 0. The number of aromatic hydroxyl groups is 1. The van der Waals surface area contributed by atoms with Gasteiger partial charge in [-0.05, 0) is 24.3 Å². The number of nitrogens with zero attached hydrogens (tertiary/aromatic N) is 1. The molecule has 2 radical (unpaired) electrons. The molecule has 0 unspecified atom stereocenters. The summed E-state index contributed by atoms with van der Waals surface area (Å²) in [5.74, 6) is 0.214. The van der Waals surface area contributed by atoms with Crippen LogP contribution in [0.5, 0.6) is 5.75 Å². The second-order valence-corrected chi connectivity index (χ2v) is 2.96. The third kappa shape index (κ3) is 2.98. The number of aromatic nitrogens is 1. The summed E-state index contributed by atoms with van der Waals surface area (Å²) in [4.78, 5) is 4.12. The van der Waals surface area contributed by atoms with Crippen LogP contribution in [0.25, 0.3) is 11.3 Å². The van der Waals surface area contributed by atoms with Crippen LogP contribution in [-0.4, -0.2) is 10.1 Å². The largest absolute Gasteiger partial charge is 0.507 e. The molecule has 0 fully saturated rings. The molecule has 0 amide bonds.